The third-order valence-electron chi connectivity index (χ3n) is 2.64. The molecule has 0 aliphatic carbocycles. The van der Waals surface area contributed by atoms with E-state index >= 15 is 0 Å². The summed E-state index contributed by atoms with van der Waals surface area (Å²) in [7, 11) is 1.32. The number of aromatic nitrogens is 4. The monoisotopic (exact) mass is 259 g/mol. The molecule has 0 aliphatic rings. The number of esters is 1. The molecule has 0 radical (unpaired) electrons. The smallest absolute Gasteiger partial charge is 0.337 e. The van der Waals surface area contributed by atoms with E-state index < -0.39 is 5.97 Å². The van der Waals surface area contributed by atoms with Crippen LogP contribution in [0.4, 0.5) is 5.82 Å². The van der Waals surface area contributed by atoms with Gasteiger partial charge in [0.15, 0.2) is 17.3 Å². The first-order valence-electron chi connectivity index (χ1n) is 5.35. The number of benzene rings is 1. The van der Waals surface area contributed by atoms with E-state index in [1.54, 1.807) is 18.2 Å². The highest BCUT2D eigenvalue weighted by Crippen LogP contribution is 2.23. The summed E-state index contributed by atoms with van der Waals surface area (Å²) in [4.78, 5) is 18.7. The predicted molar refractivity (Wildman–Crippen MR) is 65.1 cm³/mol. The van der Waals surface area contributed by atoms with Gasteiger partial charge in [0.1, 0.15) is 0 Å². The second-order valence-electron chi connectivity index (χ2n) is 3.81. The molecule has 19 heavy (non-hydrogen) atoms. The molecule has 8 heteroatoms. The van der Waals surface area contributed by atoms with Crippen molar-refractivity contribution in [3.63, 3.8) is 0 Å². The topological polar surface area (TPSA) is 120 Å². The van der Waals surface area contributed by atoms with Gasteiger partial charge in [-0.2, -0.15) is 0 Å². The molecule has 96 valence electrons. The largest absolute Gasteiger partial charge is 0.465 e. The number of nitrogens with one attached hydrogen (secondary N) is 1. The first kappa shape index (κ1) is 11.2. The van der Waals surface area contributed by atoms with Crippen molar-refractivity contribution in [1.29, 1.82) is 0 Å². The van der Waals surface area contributed by atoms with Gasteiger partial charge in [-0.25, -0.2) is 14.4 Å². The van der Waals surface area contributed by atoms with E-state index in [1.165, 1.54) is 7.11 Å². The van der Waals surface area contributed by atoms with Crippen molar-refractivity contribution in [3.8, 4) is 11.5 Å². The molecule has 0 atom stereocenters. The zero-order chi connectivity index (χ0) is 13.4. The Morgan fingerprint density at radius 2 is 2.26 bits per heavy atom. The Morgan fingerprint density at radius 1 is 1.42 bits per heavy atom. The molecule has 0 saturated heterocycles. The number of fused-ring (bicyclic) bond motifs is 1. The van der Waals surface area contributed by atoms with Gasteiger partial charge in [0, 0.05) is 0 Å². The number of hydrogen-bond acceptors (Lipinski definition) is 7. The molecule has 0 fully saturated rings. The SMILES string of the molecule is COC(=O)c1ccc2[nH]c(-c3nonc3N)nc2c1. The minimum atomic E-state index is -0.422. The Balaban J connectivity index is 2.11. The molecule has 2 aromatic heterocycles. The van der Waals surface area contributed by atoms with Crippen molar-refractivity contribution in [2.24, 2.45) is 0 Å². The van der Waals surface area contributed by atoms with Gasteiger partial charge in [-0.05, 0) is 28.5 Å². The lowest BCUT2D eigenvalue weighted by Gasteiger charge is -1.97. The van der Waals surface area contributed by atoms with Gasteiger partial charge in [0.2, 0.25) is 0 Å². The maximum Gasteiger partial charge on any atom is 0.337 e. The number of aromatic amines is 1. The zero-order valence-corrected chi connectivity index (χ0v) is 9.88. The second kappa shape index (κ2) is 4.09. The summed E-state index contributed by atoms with van der Waals surface area (Å²) in [6.07, 6.45) is 0. The van der Waals surface area contributed by atoms with Crippen LogP contribution in [-0.4, -0.2) is 33.4 Å². The summed E-state index contributed by atoms with van der Waals surface area (Å²) in [6, 6.07) is 4.98. The van der Waals surface area contributed by atoms with Crippen LogP contribution in [-0.2, 0) is 4.74 Å². The fourth-order valence-electron chi connectivity index (χ4n) is 1.72. The van der Waals surface area contributed by atoms with Gasteiger partial charge < -0.3 is 15.5 Å². The van der Waals surface area contributed by atoms with Crippen LogP contribution in [0, 0.1) is 0 Å². The van der Waals surface area contributed by atoms with E-state index in [9.17, 15) is 4.79 Å². The van der Waals surface area contributed by atoms with Gasteiger partial charge in [-0.3, -0.25) is 0 Å². The Kier molecular flexibility index (Phi) is 2.41. The summed E-state index contributed by atoms with van der Waals surface area (Å²) in [6.45, 7) is 0. The summed E-state index contributed by atoms with van der Waals surface area (Å²) in [5, 5.41) is 7.14. The van der Waals surface area contributed by atoms with E-state index in [0.29, 0.717) is 22.6 Å². The molecule has 0 saturated carbocycles. The summed E-state index contributed by atoms with van der Waals surface area (Å²) >= 11 is 0. The quantitative estimate of drug-likeness (QED) is 0.658. The Morgan fingerprint density at radius 3 is 2.95 bits per heavy atom. The van der Waals surface area contributed by atoms with Gasteiger partial charge in [-0.15, -0.1) is 0 Å². The highest BCUT2D eigenvalue weighted by molar-refractivity contribution is 5.94. The third-order valence-corrected chi connectivity index (χ3v) is 2.64. The van der Waals surface area contributed by atoms with E-state index in [2.05, 4.69) is 29.6 Å². The first-order chi connectivity index (χ1) is 9.19. The van der Waals surface area contributed by atoms with Gasteiger partial charge in [0.05, 0.1) is 23.7 Å². The number of carbonyl (C=O) groups excluding carboxylic acids is 1. The number of anilines is 1. The summed E-state index contributed by atoms with van der Waals surface area (Å²) < 4.78 is 9.17. The fraction of sp³-hybridized carbons (Fsp3) is 0.0909. The Labute approximate surface area is 106 Å². The van der Waals surface area contributed by atoms with Gasteiger partial charge in [-0.1, -0.05) is 0 Å². The number of methoxy groups -OCH3 is 1. The molecule has 0 unspecified atom stereocenters. The molecule has 3 rings (SSSR count). The molecule has 0 aliphatic heterocycles. The fourth-order valence-corrected chi connectivity index (χ4v) is 1.72. The number of ether oxygens (including phenoxy) is 1. The van der Waals surface area contributed by atoms with Crippen LogP contribution in [0.2, 0.25) is 0 Å². The Bertz CT molecular complexity index is 761. The van der Waals surface area contributed by atoms with Crippen LogP contribution in [0.15, 0.2) is 22.8 Å². The number of nitrogens with zero attached hydrogens (tertiary/aromatic N) is 3. The number of nitrogens with two attached hydrogens (primary N) is 1. The van der Waals surface area contributed by atoms with E-state index in [1.807, 2.05) is 0 Å². The number of hydrogen-bond donors (Lipinski definition) is 2. The molecular formula is C11H9N5O3. The van der Waals surface area contributed by atoms with Crippen molar-refractivity contribution < 1.29 is 14.2 Å². The van der Waals surface area contributed by atoms with E-state index in [-0.39, 0.29) is 5.82 Å². The van der Waals surface area contributed by atoms with Crippen LogP contribution in [0.3, 0.4) is 0 Å². The van der Waals surface area contributed by atoms with Crippen LogP contribution in [0.1, 0.15) is 10.4 Å². The molecule has 3 N–H and O–H groups in total. The number of rotatable bonds is 2. The molecule has 8 nitrogen and oxygen atoms in total. The number of H-pyrrole nitrogens is 1. The predicted octanol–water partition coefficient (Wildman–Crippen LogP) is 0.982. The molecular weight excluding hydrogens is 250 g/mol. The van der Waals surface area contributed by atoms with Gasteiger partial charge in [0.25, 0.3) is 0 Å². The van der Waals surface area contributed by atoms with Crippen LogP contribution in [0.25, 0.3) is 22.6 Å². The lowest BCUT2D eigenvalue weighted by molar-refractivity contribution is 0.0601. The van der Waals surface area contributed by atoms with E-state index in [0.717, 1.165) is 5.52 Å². The molecule has 0 amide bonds. The first-order valence-corrected chi connectivity index (χ1v) is 5.35. The molecule has 3 aromatic rings. The van der Waals surface area contributed by atoms with Crippen molar-refractivity contribution >= 4 is 22.8 Å². The standard InChI is InChI=1S/C11H9N5O3/c1-18-11(17)5-2-3-6-7(4-5)14-10(13-6)8-9(12)16-19-15-8/h2-4H,1H3,(H2,12,16)(H,13,14). The van der Waals surface area contributed by atoms with Crippen LogP contribution >= 0.6 is 0 Å². The summed E-state index contributed by atoms with van der Waals surface area (Å²) in [5.41, 5.74) is 7.68. The Hall–Kier alpha value is -2.90. The van der Waals surface area contributed by atoms with Crippen LogP contribution < -0.4 is 5.73 Å². The average molecular weight is 259 g/mol. The third kappa shape index (κ3) is 1.79. The normalized spacial score (nSPS) is 10.8. The van der Waals surface area contributed by atoms with Crippen molar-refractivity contribution in [2.45, 2.75) is 0 Å². The maximum absolute atomic E-state index is 11.4. The number of imidazole rings is 1. The number of carbonyl (C=O) groups is 1. The molecule has 2 heterocycles. The number of nitrogen functional groups attached to an aromatic ring is 1. The lowest BCUT2D eigenvalue weighted by atomic mass is 10.2. The van der Waals surface area contributed by atoms with Crippen molar-refractivity contribution in [1.82, 2.24) is 20.3 Å². The molecule has 0 bridgehead atoms. The zero-order valence-electron chi connectivity index (χ0n) is 9.88. The van der Waals surface area contributed by atoms with Gasteiger partial charge >= 0.3 is 5.97 Å². The second-order valence-corrected chi connectivity index (χ2v) is 3.81. The highest BCUT2D eigenvalue weighted by Gasteiger charge is 2.15. The van der Waals surface area contributed by atoms with Crippen molar-refractivity contribution in [3.05, 3.63) is 23.8 Å². The van der Waals surface area contributed by atoms with E-state index in [4.69, 9.17) is 5.73 Å². The minimum Gasteiger partial charge on any atom is -0.465 e. The maximum atomic E-state index is 11.4. The molecule has 0 spiro atoms. The highest BCUT2D eigenvalue weighted by atomic mass is 16.6. The average Bonchev–Trinajstić information content (AvgIpc) is 3.02. The van der Waals surface area contributed by atoms with Crippen molar-refractivity contribution in [2.75, 3.05) is 12.8 Å². The van der Waals surface area contributed by atoms with Crippen LogP contribution in [0.5, 0.6) is 0 Å². The summed E-state index contributed by atoms with van der Waals surface area (Å²) in [5.74, 6) is 0.150. The lowest BCUT2D eigenvalue weighted by Crippen LogP contribution is -2.00. The molecule has 1 aromatic carbocycles. The minimum absolute atomic E-state index is 0.146.